The van der Waals surface area contributed by atoms with Gasteiger partial charge < -0.3 is 10.2 Å². The first-order valence-electron chi connectivity index (χ1n) is 7.25. The highest BCUT2D eigenvalue weighted by Gasteiger charge is 2.41. The van der Waals surface area contributed by atoms with Crippen molar-refractivity contribution in [3.8, 4) is 0 Å². The summed E-state index contributed by atoms with van der Waals surface area (Å²) in [5.74, 6) is 1.23. The van der Waals surface area contributed by atoms with Crippen molar-refractivity contribution in [3.05, 3.63) is 35.9 Å². The normalized spacial score (nSPS) is 26.6. The van der Waals surface area contributed by atoms with Gasteiger partial charge in [-0.3, -0.25) is 0 Å². The number of carbonyl (C=O) groups is 1. The maximum Gasteiger partial charge on any atom is 0.317 e. The molecule has 3 unspecified atom stereocenters. The van der Waals surface area contributed by atoms with Gasteiger partial charge in [0.25, 0.3) is 0 Å². The van der Waals surface area contributed by atoms with Crippen molar-refractivity contribution in [1.82, 2.24) is 10.2 Å². The highest BCUT2D eigenvalue weighted by molar-refractivity contribution is 5.75. The molecular weight excluding hydrogens is 236 g/mol. The molecule has 1 aromatic rings. The molecule has 0 saturated heterocycles. The quantitative estimate of drug-likeness (QED) is 0.884. The van der Waals surface area contributed by atoms with Gasteiger partial charge in [-0.1, -0.05) is 30.3 Å². The fourth-order valence-corrected chi connectivity index (χ4v) is 2.76. The molecule has 2 amide bonds. The lowest BCUT2D eigenvalue weighted by atomic mass is 10.1. The Morgan fingerprint density at radius 1 is 1.32 bits per heavy atom. The first kappa shape index (κ1) is 12.5. The van der Waals surface area contributed by atoms with Crippen molar-refractivity contribution < 1.29 is 4.79 Å². The minimum atomic E-state index is 0.0860. The van der Waals surface area contributed by atoms with Crippen LogP contribution >= 0.6 is 0 Å². The summed E-state index contributed by atoms with van der Waals surface area (Å²) in [7, 11) is 1.91. The molecule has 3 heteroatoms. The smallest absolute Gasteiger partial charge is 0.317 e. The molecule has 3 rings (SSSR count). The zero-order chi connectivity index (χ0) is 13.4. The average molecular weight is 258 g/mol. The summed E-state index contributed by atoms with van der Waals surface area (Å²) in [6.07, 6.45) is 3.62. The molecule has 0 aromatic heterocycles. The molecule has 2 aliphatic rings. The van der Waals surface area contributed by atoms with E-state index in [0.717, 1.165) is 12.3 Å². The minimum absolute atomic E-state index is 0.0860. The van der Waals surface area contributed by atoms with Gasteiger partial charge in [0.05, 0.1) is 0 Å². The molecule has 0 radical (unpaired) electrons. The van der Waals surface area contributed by atoms with Crippen LogP contribution in [0.1, 0.15) is 37.7 Å². The molecule has 102 valence electrons. The van der Waals surface area contributed by atoms with E-state index in [2.05, 4.69) is 36.5 Å². The Balaban J connectivity index is 1.51. The van der Waals surface area contributed by atoms with Gasteiger partial charge in [0.15, 0.2) is 0 Å². The number of nitrogens with one attached hydrogen (secondary N) is 1. The highest BCUT2D eigenvalue weighted by Crippen LogP contribution is 2.41. The van der Waals surface area contributed by atoms with Crippen molar-refractivity contribution in [2.75, 3.05) is 7.05 Å². The van der Waals surface area contributed by atoms with E-state index >= 15 is 0 Å². The number of hydrogen-bond donors (Lipinski definition) is 1. The van der Waals surface area contributed by atoms with E-state index in [0.29, 0.717) is 18.0 Å². The van der Waals surface area contributed by atoms with Crippen molar-refractivity contribution in [2.24, 2.45) is 5.92 Å². The molecule has 2 saturated carbocycles. The molecule has 3 atom stereocenters. The van der Waals surface area contributed by atoms with Gasteiger partial charge in [0.2, 0.25) is 0 Å². The zero-order valence-corrected chi connectivity index (χ0v) is 11.7. The van der Waals surface area contributed by atoms with Crippen molar-refractivity contribution >= 4 is 6.03 Å². The second kappa shape index (κ2) is 4.87. The van der Waals surface area contributed by atoms with Crippen LogP contribution in [-0.4, -0.2) is 30.1 Å². The molecule has 19 heavy (non-hydrogen) atoms. The number of rotatable bonds is 4. The summed E-state index contributed by atoms with van der Waals surface area (Å²) in [5, 5.41) is 3.15. The van der Waals surface area contributed by atoms with Crippen molar-refractivity contribution in [3.63, 3.8) is 0 Å². The van der Waals surface area contributed by atoms with Gasteiger partial charge in [0.1, 0.15) is 0 Å². The van der Waals surface area contributed by atoms with E-state index in [1.165, 1.54) is 18.4 Å². The van der Waals surface area contributed by atoms with Crippen LogP contribution in [0.5, 0.6) is 0 Å². The van der Waals surface area contributed by atoms with E-state index in [-0.39, 0.29) is 6.03 Å². The maximum atomic E-state index is 12.2. The third-order valence-electron chi connectivity index (χ3n) is 4.56. The van der Waals surface area contributed by atoms with E-state index in [4.69, 9.17) is 0 Å². The molecule has 2 aliphatic carbocycles. The zero-order valence-electron chi connectivity index (χ0n) is 11.7. The monoisotopic (exact) mass is 258 g/mol. The highest BCUT2D eigenvalue weighted by atomic mass is 16.2. The third-order valence-corrected chi connectivity index (χ3v) is 4.56. The van der Waals surface area contributed by atoms with Gasteiger partial charge in [-0.05, 0) is 37.7 Å². The first-order chi connectivity index (χ1) is 9.16. The van der Waals surface area contributed by atoms with Crippen LogP contribution in [0.2, 0.25) is 0 Å². The van der Waals surface area contributed by atoms with Crippen molar-refractivity contribution in [1.29, 1.82) is 0 Å². The molecular formula is C16H22N2O. The van der Waals surface area contributed by atoms with Gasteiger partial charge in [-0.25, -0.2) is 4.79 Å². The predicted octanol–water partition coefficient (Wildman–Crippen LogP) is 2.98. The summed E-state index contributed by atoms with van der Waals surface area (Å²) < 4.78 is 0. The van der Waals surface area contributed by atoms with Gasteiger partial charge in [-0.2, -0.15) is 0 Å². The second-order valence-corrected chi connectivity index (χ2v) is 6.00. The Hall–Kier alpha value is -1.51. The SMILES string of the molecule is CC(C1CC1)N(C)C(=O)NC1CC1c1ccccc1. The Morgan fingerprint density at radius 2 is 2.00 bits per heavy atom. The van der Waals surface area contributed by atoms with Crippen LogP contribution < -0.4 is 5.32 Å². The molecule has 2 fully saturated rings. The molecule has 3 nitrogen and oxygen atoms in total. The van der Waals surface area contributed by atoms with Crippen LogP contribution in [-0.2, 0) is 0 Å². The third kappa shape index (κ3) is 2.75. The number of hydrogen-bond acceptors (Lipinski definition) is 1. The topological polar surface area (TPSA) is 32.3 Å². The summed E-state index contributed by atoms with van der Waals surface area (Å²) in [6.45, 7) is 2.15. The minimum Gasteiger partial charge on any atom is -0.335 e. The van der Waals surface area contributed by atoms with Gasteiger partial charge in [-0.15, -0.1) is 0 Å². The summed E-state index contributed by atoms with van der Waals surface area (Å²) in [6, 6.07) is 11.2. The molecule has 1 N–H and O–H groups in total. The van der Waals surface area contributed by atoms with Gasteiger partial charge in [0, 0.05) is 25.0 Å². The fraction of sp³-hybridized carbons (Fsp3) is 0.562. The lowest BCUT2D eigenvalue weighted by molar-refractivity contribution is 0.187. The number of amides is 2. The maximum absolute atomic E-state index is 12.2. The Labute approximate surface area is 115 Å². The standard InChI is InChI=1S/C16H22N2O/c1-11(12-8-9-12)18(2)16(19)17-15-10-14(15)13-6-4-3-5-7-13/h3-7,11-12,14-15H,8-10H2,1-2H3,(H,17,19). The number of carbonyl (C=O) groups excluding carboxylic acids is 1. The average Bonchev–Trinajstić information content (AvgIpc) is 3.31. The predicted molar refractivity (Wildman–Crippen MR) is 76.1 cm³/mol. The lowest BCUT2D eigenvalue weighted by Gasteiger charge is -2.25. The Bertz CT molecular complexity index is 455. The summed E-state index contributed by atoms with van der Waals surface area (Å²) in [4.78, 5) is 14.0. The van der Waals surface area contributed by atoms with Gasteiger partial charge >= 0.3 is 6.03 Å². The van der Waals surface area contributed by atoms with Crippen LogP contribution in [0.25, 0.3) is 0 Å². The largest absolute Gasteiger partial charge is 0.335 e. The van der Waals surface area contributed by atoms with Crippen LogP contribution in [0.4, 0.5) is 4.79 Å². The second-order valence-electron chi connectivity index (χ2n) is 6.00. The fourth-order valence-electron chi connectivity index (χ4n) is 2.76. The van der Waals surface area contributed by atoms with E-state index in [1.54, 1.807) is 0 Å². The molecule has 0 heterocycles. The van der Waals surface area contributed by atoms with Crippen LogP contribution in [0.15, 0.2) is 30.3 Å². The van der Waals surface area contributed by atoms with Crippen LogP contribution in [0, 0.1) is 5.92 Å². The first-order valence-corrected chi connectivity index (χ1v) is 7.25. The van der Waals surface area contributed by atoms with E-state index < -0.39 is 0 Å². The molecule has 0 aliphatic heterocycles. The van der Waals surface area contributed by atoms with E-state index in [9.17, 15) is 4.79 Å². The molecule has 0 spiro atoms. The number of benzene rings is 1. The molecule has 0 bridgehead atoms. The number of nitrogens with zero attached hydrogens (tertiary/aromatic N) is 1. The molecule has 1 aromatic carbocycles. The lowest BCUT2D eigenvalue weighted by Crippen LogP contribution is -2.44. The number of urea groups is 1. The van der Waals surface area contributed by atoms with Crippen molar-refractivity contribution in [2.45, 2.75) is 44.2 Å². The Kier molecular flexibility index (Phi) is 3.21. The summed E-state index contributed by atoms with van der Waals surface area (Å²) >= 11 is 0. The van der Waals surface area contributed by atoms with E-state index in [1.807, 2.05) is 18.0 Å². The summed E-state index contributed by atoms with van der Waals surface area (Å²) in [5.41, 5.74) is 1.34. The Morgan fingerprint density at radius 3 is 2.63 bits per heavy atom. The van der Waals surface area contributed by atoms with Crippen LogP contribution in [0.3, 0.4) is 0 Å².